The van der Waals surface area contributed by atoms with Crippen LogP contribution in [0.4, 0.5) is 11.4 Å². The summed E-state index contributed by atoms with van der Waals surface area (Å²) in [4.78, 5) is 12.0. The molecule has 0 fully saturated rings. The van der Waals surface area contributed by atoms with Crippen LogP contribution in [0.2, 0.25) is 0 Å². The summed E-state index contributed by atoms with van der Waals surface area (Å²) in [7, 11) is 0. The van der Waals surface area contributed by atoms with E-state index < -0.39 is 6.10 Å². The van der Waals surface area contributed by atoms with Gasteiger partial charge in [0.15, 0.2) is 6.10 Å². The van der Waals surface area contributed by atoms with Gasteiger partial charge < -0.3 is 15.8 Å². The van der Waals surface area contributed by atoms with Crippen LogP contribution >= 0.6 is 0 Å². The zero-order chi connectivity index (χ0) is 14.5. The predicted molar refractivity (Wildman–Crippen MR) is 80.8 cm³/mol. The van der Waals surface area contributed by atoms with E-state index in [1.807, 2.05) is 37.3 Å². The third-order valence-corrected chi connectivity index (χ3v) is 3.04. The van der Waals surface area contributed by atoms with Crippen molar-refractivity contribution in [2.75, 3.05) is 11.1 Å². The first kappa shape index (κ1) is 13.9. The Morgan fingerprint density at radius 3 is 2.55 bits per heavy atom. The van der Waals surface area contributed by atoms with E-state index in [1.54, 1.807) is 25.1 Å². The molecule has 0 saturated heterocycles. The lowest BCUT2D eigenvalue weighted by Crippen LogP contribution is -2.30. The Balaban J connectivity index is 2.03. The van der Waals surface area contributed by atoms with E-state index in [2.05, 4.69) is 5.32 Å². The smallest absolute Gasteiger partial charge is 0.265 e. The Morgan fingerprint density at radius 2 is 1.85 bits per heavy atom. The lowest BCUT2D eigenvalue weighted by molar-refractivity contribution is -0.122. The topological polar surface area (TPSA) is 64.3 Å². The summed E-state index contributed by atoms with van der Waals surface area (Å²) in [5.74, 6) is 0.429. The number of carbonyl (C=O) groups is 1. The number of anilines is 2. The first-order valence-corrected chi connectivity index (χ1v) is 6.45. The second-order valence-electron chi connectivity index (χ2n) is 4.59. The average molecular weight is 270 g/mol. The Bertz CT molecular complexity index is 597. The van der Waals surface area contributed by atoms with E-state index in [1.165, 1.54) is 0 Å². The van der Waals surface area contributed by atoms with Crippen LogP contribution in [0.15, 0.2) is 48.5 Å². The van der Waals surface area contributed by atoms with Crippen LogP contribution in [-0.4, -0.2) is 12.0 Å². The summed E-state index contributed by atoms with van der Waals surface area (Å²) in [6, 6.07) is 14.7. The Hall–Kier alpha value is -2.49. The predicted octanol–water partition coefficient (Wildman–Crippen LogP) is 2.98. The summed E-state index contributed by atoms with van der Waals surface area (Å²) < 4.78 is 5.67. The van der Waals surface area contributed by atoms with Crippen molar-refractivity contribution in [3.63, 3.8) is 0 Å². The van der Waals surface area contributed by atoms with Crippen molar-refractivity contribution in [1.29, 1.82) is 0 Å². The first-order valence-electron chi connectivity index (χ1n) is 6.45. The number of hydrogen-bond acceptors (Lipinski definition) is 3. The second kappa shape index (κ2) is 6.10. The van der Waals surface area contributed by atoms with Gasteiger partial charge in [-0.2, -0.15) is 0 Å². The normalized spacial score (nSPS) is 11.7. The summed E-state index contributed by atoms with van der Waals surface area (Å²) in [6.07, 6.45) is -0.601. The van der Waals surface area contributed by atoms with Crippen molar-refractivity contribution in [2.24, 2.45) is 0 Å². The molecule has 3 N–H and O–H groups in total. The van der Waals surface area contributed by atoms with Crippen LogP contribution in [0.1, 0.15) is 12.5 Å². The highest BCUT2D eigenvalue weighted by atomic mass is 16.5. The molecular weight excluding hydrogens is 252 g/mol. The number of nitrogens with one attached hydrogen (secondary N) is 1. The van der Waals surface area contributed by atoms with Crippen molar-refractivity contribution in [3.8, 4) is 5.75 Å². The molecule has 2 aromatic rings. The summed E-state index contributed by atoms with van der Waals surface area (Å²) in [5.41, 5.74) is 8.05. The van der Waals surface area contributed by atoms with Gasteiger partial charge in [0.25, 0.3) is 5.91 Å². The monoisotopic (exact) mass is 270 g/mol. The molecule has 0 saturated carbocycles. The van der Waals surface area contributed by atoms with Gasteiger partial charge >= 0.3 is 0 Å². The van der Waals surface area contributed by atoms with Crippen LogP contribution < -0.4 is 15.8 Å². The Morgan fingerprint density at radius 1 is 1.15 bits per heavy atom. The van der Waals surface area contributed by atoms with Crippen molar-refractivity contribution < 1.29 is 9.53 Å². The largest absolute Gasteiger partial charge is 0.481 e. The summed E-state index contributed by atoms with van der Waals surface area (Å²) in [5, 5.41) is 2.80. The van der Waals surface area contributed by atoms with Crippen molar-refractivity contribution in [1.82, 2.24) is 0 Å². The fourth-order valence-electron chi connectivity index (χ4n) is 1.77. The Labute approximate surface area is 118 Å². The minimum Gasteiger partial charge on any atom is -0.481 e. The molecule has 4 nitrogen and oxygen atoms in total. The number of nitrogens with two attached hydrogens (primary N) is 1. The van der Waals surface area contributed by atoms with E-state index >= 15 is 0 Å². The molecule has 20 heavy (non-hydrogen) atoms. The van der Waals surface area contributed by atoms with E-state index in [0.717, 1.165) is 11.3 Å². The molecule has 0 aliphatic carbocycles. The van der Waals surface area contributed by atoms with Gasteiger partial charge in [0, 0.05) is 16.9 Å². The molecule has 104 valence electrons. The average Bonchev–Trinajstić information content (AvgIpc) is 2.45. The number of nitrogen functional groups attached to an aromatic ring is 1. The third-order valence-electron chi connectivity index (χ3n) is 3.04. The molecule has 1 unspecified atom stereocenters. The van der Waals surface area contributed by atoms with E-state index in [9.17, 15) is 4.79 Å². The molecule has 0 aliphatic rings. The molecule has 0 heterocycles. The first-order chi connectivity index (χ1) is 9.58. The molecule has 4 heteroatoms. The third kappa shape index (κ3) is 3.29. The molecule has 0 aliphatic heterocycles. The molecular formula is C16H18N2O2. The minimum atomic E-state index is -0.601. The zero-order valence-corrected chi connectivity index (χ0v) is 11.6. The number of ether oxygens (including phenoxy) is 1. The van der Waals surface area contributed by atoms with Gasteiger partial charge in [0.05, 0.1) is 0 Å². The van der Waals surface area contributed by atoms with Crippen LogP contribution in [0, 0.1) is 6.92 Å². The molecule has 0 radical (unpaired) electrons. The van der Waals surface area contributed by atoms with E-state index in [-0.39, 0.29) is 5.91 Å². The fourth-order valence-corrected chi connectivity index (χ4v) is 1.77. The van der Waals surface area contributed by atoms with Crippen molar-refractivity contribution in [2.45, 2.75) is 20.0 Å². The van der Waals surface area contributed by atoms with Crippen LogP contribution in [0.25, 0.3) is 0 Å². The molecule has 2 aromatic carbocycles. The highest BCUT2D eigenvalue weighted by Crippen LogP contribution is 2.24. The lowest BCUT2D eigenvalue weighted by Gasteiger charge is -2.17. The molecule has 0 aromatic heterocycles. The van der Waals surface area contributed by atoms with Gasteiger partial charge in [0.2, 0.25) is 0 Å². The number of para-hydroxylation sites is 1. The number of rotatable bonds is 4. The minimum absolute atomic E-state index is 0.196. The van der Waals surface area contributed by atoms with Gasteiger partial charge in [0.1, 0.15) is 5.75 Å². The zero-order valence-electron chi connectivity index (χ0n) is 11.6. The summed E-state index contributed by atoms with van der Waals surface area (Å²) >= 11 is 0. The molecule has 2 rings (SSSR count). The molecule has 0 bridgehead atoms. The Kier molecular flexibility index (Phi) is 4.25. The van der Waals surface area contributed by atoms with Crippen LogP contribution in [-0.2, 0) is 4.79 Å². The maximum Gasteiger partial charge on any atom is 0.265 e. The highest BCUT2D eigenvalue weighted by molar-refractivity contribution is 5.94. The summed E-state index contributed by atoms with van der Waals surface area (Å²) in [6.45, 7) is 3.58. The molecule has 1 amide bonds. The number of carbonyl (C=O) groups excluding carboxylic acids is 1. The van der Waals surface area contributed by atoms with Crippen molar-refractivity contribution >= 4 is 17.3 Å². The van der Waals surface area contributed by atoms with E-state index in [4.69, 9.17) is 10.5 Å². The van der Waals surface area contributed by atoms with E-state index in [0.29, 0.717) is 11.4 Å². The van der Waals surface area contributed by atoms with Crippen LogP contribution in [0.3, 0.4) is 0 Å². The van der Waals surface area contributed by atoms with Gasteiger partial charge in [-0.3, -0.25) is 4.79 Å². The number of hydrogen-bond donors (Lipinski definition) is 2. The van der Waals surface area contributed by atoms with Gasteiger partial charge in [-0.1, -0.05) is 24.3 Å². The fraction of sp³-hybridized carbons (Fsp3) is 0.188. The quantitative estimate of drug-likeness (QED) is 0.839. The SMILES string of the molecule is Cc1c(N)cccc1OC(C)C(=O)Nc1ccccc1. The second-order valence-corrected chi connectivity index (χ2v) is 4.59. The van der Waals surface area contributed by atoms with Gasteiger partial charge in [-0.15, -0.1) is 0 Å². The maximum atomic E-state index is 12.0. The molecule has 0 spiro atoms. The number of benzene rings is 2. The lowest BCUT2D eigenvalue weighted by atomic mass is 10.2. The van der Waals surface area contributed by atoms with Crippen LogP contribution in [0.5, 0.6) is 5.75 Å². The number of amides is 1. The maximum absolute atomic E-state index is 12.0. The standard InChI is InChI=1S/C16H18N2O2/c1-11-14(17)9-6-10-15(11)20-12(2)16(19)18-13-7-4-3-5-8-13/h3-10,12H,17H2,1-2H3,(H,18,19). The van der Waals surface area contributed by atoms with Gasteiger partial charge in [-0.05, 0) is 38.1 Å². The highest BCUT2D eigenvalue weighted by Gasteiger charge is 2.16. The van der Waals surface area contributed by atoms with Crippen molar-refractivity contribution in [3.05, 3.63) is 54.1 Å². The van der Waals surface area contributed by atoms with Gasteiger partial charge in [-0.25, -0.2) is 0 Å². The molecule has 1 atom stereocenters.